The Hall–Kier alpha value is -2.18. The van der Waals surface area contributed by atoms with Gasteiger partial charge in [0.1, 0.15) is 29.6 Å². The van der Waals surface area contributed by atoms with Gasteiger partial charge in [-0.3, -0.25) is 0 Å². The normalized spacial score (nSPS) is 10.5. The molecule has 2 N–H and O–H groups in total. The van der Waals surface area contributed by atoms with E-state index in [1.54, 1.807) is 6.33 Å². The topological polar surface area (TPSA) is 80.6 Å². The van der Waals surface area contributed by atoms with Gasteiger partial charge < -0.3 is 15.2 Å². The highest BCUT2D eigenvalue weighted by Gasteiger charge is 2.08. The van der Waals surface area contributed by atoms with E-state index >= 15 is 0 Å². The molecule has 0 fully saturated rings. The SMILES string of the molecule is CNc1nc(C)nc(NCCc2nncn2C)c1C. The molecule has 0 saturated carbocycles. The van der Waals surface area contributed by atoms with Crippen molar-refractivity contribution >= 4 is 11.6 Å². The minimum atomic E-state index is 0.746. The predicted octanol–water partition coefficient (Wildman–Crippen LogP) is 0.918. The number of rotatable bonds is 5. The van der Waals surface area contributed by atoms with Gasteiger partial charge in [0.05, 0.1) is 0 Å². The Labute approximate surface area is 112 Å². The Morgan fingerprint density at radius 1 is 1.21 bits per heavy atom. The third-order valence-corrected chi connectivity index (χ3v) is 2.94. The molecule has 0 unspecified atom stereocenters. The third kappa shape index (κ3) is 2.98. The zero-order chi connectivity index (χ0) is 13.8. The molecule has 2 rings (SSSR count). The van der Waals surface area contributed by atoms with Gasteiger partial charge in [0, 0.05) is 32.6 Å². The molecule has 0 aliphatic rings. The summed E-state index contributed by atoms with van der Waals surface area (Å²) in [7, 11) is 3.80. The molecular formula is C12H19N7. The second-order valence-electron chi connectivity index (χ2n) is 4.38. The van der Waals surface area contributed by atoms with Crippen LogP contribution in [0.15, 0.2) is 6.33 Å². The van der Waals surface area contributed by atoms with Gasteiger partial charge in [0.15, 0.2) is 0 Å². The molecule has 0 aliphatic heterocycles. The zero-order valence-corrected chi connectivity index (χ0v) is 11.7. The van der Waals surface area contributed by atoms with Crippen molar-refractivity contribution in [2.24, 2.45) is 7.05 Å². The summed E-state index contributed by atoms with van der Waals surface area (Å²) in [4.78, 5) is 8.75. The monoisotopic (exact) mass is 261 g/mol. The molecule has 0 spiro atoms. The van der Waals surface area contributed by atoms with Gasteiger partial charge in [-0.05, 0) is 13.8 Å². The second-order valence-corrected chi connectivity index (χ2v) is 4.38. The Kier molecular flexibility index (Phi) is 3.94. The van der Waals surface area contributed by atoms with E-state index in [-0.39, 0.29) is 0 Å². The number of aromatic nitrogens is 5. The van der Waals surface area contributed by atoms with Gasteiger partial charge in [-0.2, -0.15) is 0 Å². The number of hydrogen-bond acceptors (Lipinski definition) is 6. The lowest BCUT2D eigenvalue weighted by molar-refractivity contribution is 0.786. The Bertz CT molecular complexity index is 561. The van der Waals surface area contributed by atoms with Crippen molar-refractivity contribution in [3.63, 3.8) is 0 Å². The van der Waals surface area contributed by atoms with Crippen LogP contribution in [0.4, 0.5) is 11.6 Å². The molecule has 0 amide bonds. The molecule has 0 saturated heterocycles. The molecule has 7 heteroatoms. The third-order valence-electron chi connectivity index (χ3n) is 2.94. The summed E-state index contributed by atoms with van der Waals surface area (Å²) < 4.78 is 1.92. The van der Waals surface area contributed by atoms with Crippen molar-refractivity contribution in [3.05, 3.63) is 23.5 Å². The van der Waals surface area contributed by atoms with E-state index < -0.39 is 0 Å². The lowest BCUT2D eigenvalue weighted by Gasteiger charge is -2.12. The van der Waals surface area contributed by atoms with Gasteiger partial charge in [-0.25, -0.2) is 9.97 Å². The van der Waals surface area contributed by atoms with Gasteiger partial charge in [-0.15, -0.1) is 10.2 Å². The van der Waals surface area contributed by atoms with Crippen LogP contribution in [0.3, 0.4) is 0 Å². The lowest BCUT2D eigenvalue weighted by atomic mass is 10.3. The fourth-order valence-electron chi connectivity index (χ4n) is 1.87. The molecule has 19 heavy (non-hydrogen) atoms. The molecule has 7 nitrogen and oxygen atoms in total. The van der Waals surface area contributed by atoms with Gasteiger partial charge in [0.2, 0.25) is 0 Å². The van der Waals surface area contributed by atoms with Crippen LogP contribution in [0, 0.1) is 13.8 Å². The molecule has 0 atom stereocenters. The fraction of sp³-hybridized carbons (Fsp3) is 0.500. The molecule has 0 aliphatic carbocycles. The molecular weight excluding hydrogens is 242 g/mol. The molecule has 0 bridgehead atoms. The van der Waals surface area contributed by atoms with Gasteiger partial charge >= 0.3 is 0 Å². The van der Waals surface area contributed by atoms with Crippen molar-refractivity contribution in [2.75, 3.05) is 24.2 Å². The van der Waals surface area contributed by atoms with E-state index in [9.17, 15) is 0 Å². The molecule has 0 radical (unpaired) electrons. The van der Waals surface area contributed by atoms with E-state index in [0.29, 0.717) is 0 Å². The highest BCUT2D eigenvalue weighted by atomic mass is 15.2. The van der Waals surface area contributed by atoms with E-state index in [4.69, 9.17) is 0 Å². The van der Waals surface area contributed by atoms with Crippen molar-refractivity contribution in [2.45, 2.75) is 20.3 Å². The van der Waals surface area contributed by atoms with Crippen LogP contribution in [0.2, 0.25) is 0 Å². The van der Waals surface area contributed by atoms with Crippen LogP contribution in [0.5, 0.6) is 0 Å². The highest BCUT2D eigenvalue weighted by molar-refractivity contribution is 5.56. The second kappa shape index (κ2) is 5.64. The van der Waals surface area contributed by atoms with Crippen LogP contribution >= 0.6 is 0 Å². The van der Waals surface area contributed by atoms with Crippen LogP contribution in [-0.4, -0.2) is 38.3 Å². The lowest BCUT2D eigenvalue weighted by Crippen LogP contribution is -2.12. The average Bonchev–Trinajstić information content (AvgIpc) is 2.79. The first-order valence-corrected chi connectivity index (χ1v) is 6.21. The van der Waals surface area contributed by atoms with Gasteiger partial charge in [-0.1, -0.05) is 0 Å². The summed E-state index contributed by atoms with van der Waals surface area (Å²) >= 11 is 0. The first-order chi connectivity index (χ1) is 9.11. The summed E-state index contributed by atoms with van der Waals surface area (Å²) in [6.45, 7) is 4.64. The van der Waals surface area contributed by atoms with Crippen molar-refractivity contribution < 1.29 is 0 Å². The minimum Gasteiger partial charge on any atom is -0.373 e. The average molecular weight is 261 g/mol. The van der Waals surface area contributed by atoms with E-state index in [1.807, 2.05) is 32.5 Å². The van der Waals surface area contributed by atoms with E-state index in [2.05, 4.69) is 30.8 Å². The zero-order valence-electron chi connectivity index (χ0n) is 11.7. The summed E-state index contributed by atoms with van der Waals surface area (Å²) in [5.41, 5.74) is 1.02. The van der Waals surface area contributed by atoms with Crippen LogP contribution in [0.1, 0.15) is 17.2 Å². The number of nitrogens with one attached hydrogen (secondary N) is 2. The summed E-state index contributed by atoms with van der Waals surface area (Å²) in [6.07, 6.45) is 2.50. The quantitative estimate of drug-likeness (QED) is 0.833. The minimum absolute atomic E-state index is 0.746. The largest absolute Gasteiger partial charge is 0.373 e. The number of anilines is 2. The Balaban J connectivity index is 2.03. The molecule has 2 aromatic heterocycles. The molecule has 0 aromatic carbocycles. The smallest absolute Gasteiger partial charge is 0.134 e. The van der Waals surface area contributed by atoms with Crippen molar-refractivity contribution in [1.82, 2.24) is 24.7 Å². The predicted molar refractivity (Wildman–Crippen MR) is 74.2 cm³/mol. The van der Waals surface area contributed by atoms with Crippen LogP contribution in [0.25, 0.3) is 0 Å². The maximum Gasteiger partial charge on any atom is 0.134 e. The number of aryl methyl sites for hydroxylation is 2. The molecule has 102 valence electrons. The maximum absolute atomic E-state index is 4.42. The van der Waals surface area contributed by atoms with Crippen LogP contribution < -0.4 is 10.6 Å². The van der Waals surface area contributed by atoms with E-state index in [1.165, 1.54) is 0 Å². The molecule has 2 aromatic rings. The fourth-order valence-corrected chi connectivity index (χ4v) is 1.87. The Morgan fingerprint density at radius 3 is 2.58 bits per heavy atom. The first kappa shape index (κ1) is 13.3. The molecule has 2 heterocycles. The summed E-state index contributed by atoms with van der Waals surface area (Å²) in [6, 6.07) is 0. The number of nitrogens with zero attached hydrogens (tertiary/aromatic N) is 5. The first-order valence-electron chi connectivity index (χ1n) is 6.21. The van der Waals surface area contributed by atoms with Crippen molar-refractivity contribution in [1.29, 1.82) is 0 Å². The standard InChI is InChI=1S/C12H19N7/c1-8-11(13-3)16-9(2)17-12(8)14-6-5-10-18-15-7-19(10)4/h7H,5-6H2,1-4H3,(H2,13,14,16,17). The number of hydrogen-bond donors (Lipinski definition) is 2. The van der Waals surface area contributed by atoms with Crippen LogP contribution in [-0.2, 0) is 13.5 Å². The maximum atomic E-state index is 4.42. The Morgan fingerprint density at radius 2 is 1.95 bits per heavy atom. The van der Waals surface area contributed by atoms with Crippen molar-refractivity contribution in [3.8, 4) is 0 Å². The summed E-state index contributed by atoms with van der Waals surface area (Å²) in [5.74, 6) is 3.41. The summed E-state index contributed by atoms with van der Waals surface area (Å²) in [5, 5.41) is 14.3. The highest BCUT2D eigenvalue weighted by Crippen LogP contribution is 2.18. The van der Waals surface area contributed by atoms with Gasteiger partial charge in [0.25, 0.3) is 0 Å². The van der Waals surface area contributed by atoms with E-state index in [0.717, 1.165) is 41.8 Å².